The number of halogens is 1. The van der Waals surface area contributed by atoms with Crippen LogP contribution >= 0.6 is 11.6 Å². The average molecular weight is 285 g/mol. The smallest absolute Gasteiger partial charge is 0.0856 e. The molecule has 0 aliphatic rings. The predicted molar refractivity (Wildman–Crippen MR) is 71.7 cm³/mol. The molecule has 0 aliphatic carbocycles. The van der Waals surface area contributed by atoms with Crippen LogP contribution in [0.15, 0.2) is 23.4 Å². The van der Waals surface area contributed by atoms with Crippen LogP contribution in [0.1, 0.15) is 11.4 Å². The highest BCUT2D eigenvalue weighted by atomic mass is 35.5. The molecule has 0 radical (unpaired) electrons. The molecule has 1 atom stereocenters. The van der Waals surface area contributed by atoms with Gasteiger partial charge in [0.15, 0.2) is 0 Å². The number of aromatic nitrogens is 3. The number of nitrogens with two attached hydrogens (primary N) is 1. The highest BCUT2D eigenvalue weighted by molar-refractivity contribution is 7.84. The second kappa shape index (κ2) is 5.07. The van der Waals surface area contributed by atoms with Crippen LogP contribution in [0.4, 0.5) is 5.69 Å². The number of pyridine rings is 1. The Morgan fingerprint density at radius 1 is 1.56 bits per heavy atom. The molecule has 0 saturated heterocycles. The van der Waals surface area contributed by atoms with Gasteiger partial charge in [-0.15, -0.1) is 0 Å². The molecule has 0 aliphatic heterocycles. The Balaban J connectivity index is 2.30. The fourth-order valence-corrected chi connectivity index (χ4v) is 3.21. The van der Waals surface area contributed by atoms with Crippen molar-refractivity contribution in [2.24, 2.45) is 7.05 Å². The number of hydrogen-bond donors (Lipinski definition) is 1. The molecule has 7 heteroatoms. The molecule has 0 bridgehead atoms. The van der Waals surface area contributed by atoms with Crippen LogP contribution in [0.25, 0.3) is 0 Å². The lowest BCUT2D eigenvalue weighted by atomic mass is 10.4. The third-order valence-electron chi connectivity index (χ3n) is 2.58. The first kappa shape index (κ1) is 13.0. The summed E-state index contributed by atoms with van der Waals surface area (Å²) in [5.74, 6) is 0.282. The van der Waals surface area contributed by atoms with Gasteiger partial charge in [0.25, 0.3) is 0 Å². The van der Waals surface area contributed by atoms with Crippen molar-refractivity contribution in [2.45, 2.75) is 17.6 Å². The summed E-state index contributed by atoms with van der Waals surface area (Å²) in [5, 5.41) is 4.74. The summed E-state index contributed by atoms with van der Waals surface area (Å²) in [4.78, 5) is 4.44. The molecular weight excluding hydrogens is 272 g/mol. The van der Waals surface area contributed by atoms with E-state index in [4.69, 9.17) is 17.3 Å². The van der Waals surface area contributed by atoms with Crippen LogP contribution in [0, 0.1) is 6.92 Å². The first-order valence-electron chi connectivity index (χ1n) is 5.26. The lowest BCUT2D eigenvalue weighted by molar-refractivity contribution is 0.676. The van der Waals surface area contributed by atoms with Gasteiger partial charge >= 0.3 is 0 Å². The van der Waals surface area contributed by atoms with E-state index in [0.29, 0.717) is 15.6 Å². The minimum Gasteiger partial charge on any atom is -0.396 e. The maximum Gasteiger partial charge on any atom is 0.0856 e. The van der Waals surface area contributed by atoms with Crippen LogP contribution in [-0.4, -0.2) is 19.0 Å². The highest BCUT2D eigenvalue weighted by Crippen LogP contribution is 2.24. The molecule has 0 amide bonds. The summed E-state index contributed by atoms with van der Waals surface area (Å²) in [6, 6.07) is 1.66. The lowest BCUT2D eigenvalue weighted by Gasteiger charge is -2.05. The van der Waals surface area contributed by atoms with Crippen molar-refractivity contribution >= 4 is 28.1 Å². The maximum atomic E-state index is 12.3. The van der Waals surface area contributed by atoms with Crippen LogP contribution in [0.3, 0.4) is 0 Å². The summed E-state index contributed by atoms with van der Waals surface area (Å²) in [5.41, 5.74) is 7.64. The zero-order valence-electron chi connectivity index (χ0n) is 10.1. The number of anilines is 1. The summed E-state index contributed by atoms with van der Waals surface area (Å²) in [6.45, 7) is 1.82. The summed E-state index contributed by atoms with van der Waals surface area (Å²) >= 11 is 6.12. The van der Waals surface area contributed by atoms with Crippen molar-refractivity contribution in [1.82, 2.24) is 14.8 Å². The number of hydrogen-bond acceptors (Lipinski definition) is 4. The summed E-state index contributed by atoms with van der Waals surface area (Å²) < 4.78 is 13.9. The highest BCUT2D eigenvalue weighted by Gasteiger charge is 2.16. The van der Waals surface area contributed by atoms with Crippen molar-refractivity contribution in [3.05, 3.63) is 34.9 Å². The minimum atomic E-state index is -1.26. The van der Waals surface area contributed by atoms with Gasteiger partial charge in [0, 0.05) is 13.2 Å². The van der Waals surface area contributed by atoms with Gasteiger partial charge in [-0.3, -0.25) is 13.9 Å². The van der Waals surface area contributed by atoms with Gasteiger partial charge in [-0.1, -0.05) is 11.6 Å². The fraction of sp³-hybridized carbons (Fsp3) is 0.273. The van der Waals surface area contributed by atoms with Gasteiger partial charge in [-0.2, -0.15) is 5.10 Å². The summed E-state index contributed by atoms with van der Waals surface area (Å²) in [6.07, 6.45) is 3.06. The third-order valence-corrected chi connectivity index (χ3v) is 4.47. The van der Waals surface area contributed by atoms with E-state index in [1.54, 1.807) is 24.0 Å². The Hall–Kier alpha value is -1.40. The molecule has 0 fully saturated rings. The van der Waals surface area contributed by atoms with Gasteiger partial charge in [0.2, 0.25) is 0 Å². The average Bonchev–Trinajstić information content (AvgIpc) is 2.56. The van der Waals surface area contributed by atoms with Crippen molar-refractivity contribution in [3.63, 3.8) is 0 Å². The molecule has 2 heterocycles. The predicted octanol–water partition coefficient (Wildman–Crippen LogP) is 1.67. The molecule has 0 saturated carbocycles. The van der Waals surface area contributed by atoms with Gasteiger partial charge < -0.3 is 5.73 Å². The third kappa shape index (κ3) is 2.39. The molecule has 18 heavy (non-hydrogen) atoms. The number of aryl methyl sites for hydroxylation is 2. The fourth-order valence-electron chi connectivity index (χ4n) is 1.64. The quantitative estimate of drug-likeness (QED) is 0.930. The van der Waals surface area contributed by atoms with Gasteiger partial charge in [-0.05, 0) is 13.0 Å². The molecule has 2 N–H and O–H groups in total. The molecule has 96 valence electrons. The Morgan fingerprint density at radius 2 is 2.28 bits per heavy atom. The first-order chi connectivity index (χ1) is 8.50. The van der Waals surface area contributed by atoms with E-state index in [2.05, 4.69) is 10.1 Å². The topological polar surface area (TPSA) is 73.8 Å². The van der Waals surface area contributed by atoms with E-state index in [9.17, 15) is 4.21 Å². The maximum absolute atomic E-state index is 12.3. The van der Waals surface area contributed by atoms with Crippen LogP contribution < -0.4 is 5.73 Å². The van der Waals surface area contributed by atoms with Gasteiger partial charge in [0.1, 0.15) is 0 Å². The van der Waals surface area contributed by atoms with Crippen molar-refractivity contribution < 1.29 is 4.21 Å². The van der Waals surface area contributed by atoms with E-state index in [-0.39, 0.29) is 5.75 Å². The number of rotatable bonds is 3. The molecule has 5 nitrogen and oxygen atoms in total. The monoisotopic (exact) mass is 284 g/mol. The zero-order valence-corrected chi connectivity index (χ0v) is 11.6. The molecule has 2 rings (SSSR count). The normalized spacial score (nSPS) is 12.6. The first-order valence-corrected chi connectivity index (χ1v) is 6.96. The summed E-state index contributed by atoms with van der Waals surface area (Å²) in [7, 11) is 0.516. The Morgan fingerprint density at radius 3 is 2.83 bits per heavy atom. The van der Waals surface area contributed by atoms with Gasteiger partial charge in [0.05, 0.1) is 49.7 Å². The van der Waals surface area contributed by atoms with Gasteiger partial charge in [-0.25, -0.2) is 0 Å². The second-order valence-corrected chi connectivity index (χ2v) is 5.67. The molecule has 2 aromatic heterocycles. The van der Waals surface area contributed by atoms with E-state index >= 15 is 0 Å². The Kier molecular flexibility index (Phi) is 3.68. The van der Waals surface area contributed by atoms with E-state index in [0.717, 1.165) is 11.4 Å². The number of nitrogens with zero attached hydrogens (tertiary/aromatic N) is 3. The van der Waals surface area contributed by atoms with E-state index < -0.39 is 10.8 Å². The zero-order chi connectivity index (χ0) is 13.3. The van der Waals surface area contributed by atoms with Crippen LogP contribution in [-0.2, 0) is 23.6 Å². The molecule has 0 aromatic carbocycles. The molecular formula is C11H13ClN4OS. The van der Waals surface area contributed by atoms with E-state index in [1.807, 2.05) is 6.92 Å². The lowest BCUT2D eigenvalue weighted by Crippen LogP contribution is -2.05. The molecule has 0 spiro atoms. The Labute approximate surface area is 112 Å². The Bertz CT molecular complexity index is 611. The SMILES string of the molecule is Cc1nn(C)c(CS(=O)c2ccncc2N)c1Cl. The van der Waals surface area contributed by atoms with E-state index in [1.165, 1.54) is 6.20 Å². The van der Waals surface area contributed by atoms with Crippen LogP contribution in [0.5, 0.6) is 0 Å². The molecule has 2 aromatic rings. The minimum absolute atomic E-state index is 0.282. The number of nitrogen functional groups attached to an aromatic ring is 1. The second-order valence-electron chi connectivity index (χ2n) is 3.87. The molecule has 1 unspecified atom stereocenters. The van der Waals surface area contributed by atoms with Crippen molar-refractivity contribution in [3.8, 4) is 0 Å². The van der Waals surface area contributed by atoms with Crippen molar-refractivity contribution in [1.29, 1.82) is 0 Å². The van der Waals surface area contributed by atoms with Crippen LogP contribution in [0.2, 0.25) is 5.02 Å². The standard InChI is InChI=1S/C11H13ClN4OS/c1-7-11(12)9(16(2)15-7)6-18(17)10-3-4-14-5-8(10)13/h3-5H,6,13H2,1-2H3. The largest absolute Gasteiger partial charge is 0.396 e. The van der Waals surface area contributed by atoms with Crippen molar-refractivity contribution in [2.75, 3.05) is 5.73 Å².